The number of carbonyl (C=O) groups is 2. The van der Waals surface area contributed by atoms with Gasteiger partial charge >= 0.3 is 0 Å². The zero-order chi connectivity index (χ0) is 28.6. The normalized spacial score (nSPS) is 9.85. The number of nitrogens with one attached hydrogen (secondary N) is 3. The van der Waals surface area contributed by atoms with E-state index in [0.29, 0.717) is 16.0 Å². The van der Waals surface area contributed by atoms with Crippen LogP contribution in [0, 0.1) is 11.8 Å². The molecular formula is C31H28Br2N6O2. The van der Waals surface area contributed by atoms with Gasteiger partial charge in [-0.15, -0.1) is 0 Å². The molecule has 0 fully saturated rings. The number of halogens is 2. The maximum absolute atomic E-state index is 11.0. The van der Waals surface area contributed by atoms with Gasteiger partial charge in [-0.05, 0) is 110 Å². The Morgan fingerprint density at radius 1 is 0.780 bits per heavy atom. The van der Waals surface area contributed by atoms with E-state index < -0.39 is 0 Å². The molecule has 0 atom stereocenters. The van der Waals surface area contributed by atoms with Crippen LogP contribution >= 0.6 is 31.9 Å². The first kappa shape index (κ1) is 31.1. The lowest BCUT2D eigenvalue weighted by Crippen LogP contribution is -2.05. The van der Waals surface area contributed by atoms with Gasteiger partial charge in [-0.2, -0.15) is 0 Å². The van der Waals surface area contributed by atoms with E-state index in [-0.39, 0.29) is 19.2 Å². The second-order valence-corrected chi connectivity index (χ2v) is 10.2. The lowest BCUT2D eigenvalue weighted by Gasteiger charge is -2.03. The van der Waals surface area contributed by atoms with Gasteiger partial charge in [-0.25, -0.2) is 9.97 Å². The number of nitrogens with two attached hydrogens (primary N) is 1. The summed E-state index contributed by atoms with van der Waals surface area (Å²) in [6.07, 6.45) is 0. The minimum Gasteiger partial charge on any atom is -0.396 e. The molecule has 0 saturated carbocycles. The molecule has 5 N–H and O–H groups in total. The number of aromatic nitrogens is 3. The molecule has 0 saturated heterocycles. The van der Waals surface area contributed by atoms with Gasteiger partial charge in [-0.3, -0.25) is 9.59 Å². The number of pyridine rings is 2. The van der Waals surface area contributed by atoms with Crippen molar-refractivity contribution in [3.63, 3.8) is 0 Å². The van der Waals surface area contributed by atoms with Gasteiger partial charge in [0, 0.05) is 36.5 Å². The molecule has 0 aliphatic rings. The van der Waals surface area contributed by atoms with E-state index in [9.17, 15) is 9.59 Å². The summed E-state index contributed by atoms with van der Waals surface area (Å²) in [4.78, 5) is 33.8. The minimum atomic E-state index is -0.102. The van der Waals surface area contributed by atoms with Gasteiger partial charge in [0.1, 0.15) is 14.9 Å². The molecule has 5 rings (SSSR count). The summed E-state index contributed by atoms with van der Waals surface area (Å²) in [7, 11) is 0. The van der Waals surface area contributed by atoms with Crippen molar-refractivity contribution in [1.29, 1.82) is 0 Å². The Hall–Kier alpha value is -4.46. The molecule has 0 unspecified atom stereocenters. The number of hydrogen-bond donors (Lipinski definition) is 4. The number of rotatable bonds is 3. The van der Waals surface area contributed by atoms with Crippen LogP contribution in [0.3, 0.4) is 0 Å². The Morgan fingerprint density at radius 3 is 1.95 bits per heavy atom. The predicted molar refractivity (Wildman–Crippen MR) is 173 cm³/mol. The lowest BCUT2D eigenvalue weighted by atomic mass is 10.1. The van der Waals surface area contributed by atoms with Crippen LogP contribution in [-0.4, -0.2) is 26.8 Å². The third kappa shape index (κ3) is 9.03. The summed E-state index contributed by atoms with van der Waals surface area (Å²) in [5.41, 5.74) is 13.2. The second kappa shape index (κ2) is 14.3. The molecule has 3 aromatic heterocycles. The van der Waals surface area contributed by atoms with Gasteiger partial charge < -0.3 is 21.4 Å². The van der Waals surface area contributed by atoms with Crippen molar-refractivity contribution in [1.82, 2.24) is 15.0 Å². The molecule has 0 radical (unpaired) electrons. The number of aromatic amines is 1. The van der Waals surface area contributed by atoms with Crippen molar-refractivity contribution in [3.8, 4) is 23.1 Å². The Bertz CT molecular complexity index is 1740. The van der Waals surface area contributed by atoms with Crippen molar-refractivity contribution in [2.75, 3.05) is 16.4 Å². The summed E-state index contributed by atoms with van der Waals surface area (Å²) >= 11 is 6.65. The highest BCUT2D eigenvalue weighted by Gasteiger charge is 2.05. The molecule has 0 spiro atoms. The van der Waals surface area contributed by atoms with Crippen LogP contribution in [-0.2, 0) is 9.59 Å². The molecule has 3 heterocycles. The summed E-state index contributed by atoms with van der Waals surface area (Å²) in [6, 6.07) is 24.3. The van der Waals surface area contributed by atoms with Crippen molar-refractivity contribution in [2.24, 2.45) is 0 Å². The Labute approximate surface area is 255 Å². The number of fused-ring (bicyclic) bond motifs is 1. The van der Waals surface area contributed by atoms with Crippen LogP contribution in [0.4, 0.5) is 17.1 Å². The molecule has 0 aliphatic heterocycles. The number of nitrogens with zero attached hydrogens (tertiary/aromatic N) is 2. The van der Waals surface area contributed by atoms with Crippen LogP contribution in [0.25, 0.3) is 22.3 Å². The zero-order valence-corrected chi connectivity index (χ0v) is 24.7. The summed E-state index contributed by atoms with van der Waals surface area (Å²) in [5.74, 6) is 5.74. The number of benzene rings is 2. The number of anilines is 3. The third-order valence-corrected chi connectivity index (χ3v) is 6.26. The monoisotopic (exact) mass is 674 g/mol. The van der Waals surface area contributed by atoms with E-state index >= 15 is 0 Å². The molecule has 208 valence electrons. The summed E-state index contributed by atoms with van der Waals surface area (Å²) < 4.78 is 1.51. The van der Waals surface area contributed by atoms with Gasteiger partial charge in [0.15, 0.2) is 0 Å². The van der Waals surface area contributed by atoms with Crippen LogP contribution in [0.15, 0.2) is 88.1 Å². The first-order valence-corrected chi connectivity index (χ1v) is 13.6. The number of H-pyrrole nitrogens is 1. The van der Waals surface area contributed by atoms with Gasteiger partial charge in [0.2, 0.25) is 11.8 Å². The van der Waals surface area contributed by atoms with E-state index in [2.05, 4.69) is 69.3 Å². The van der Waals surface area contributed by atoms with E-state index in [1.165, 1.54) is 13.8 Å². The smallest absolute Gasteiger partial charge is 0.221 e. The second-order valence-electron chi connectivity index (χ2n) is 8.59. The quantitative estimate of drug-likeness (QED) is 0.117. The van der Waals surface area contributed by atoms with E-state index in [0.717, 1.165) is 43.8 Å². The highest BCUT2D eigenvalue weighted by molar-refractivity contribution is 9.10. The fraction of sp³-hybridized carbons (Fsp3) is 0.0968. The standard InChI is InChI=1S/2C15H12BrN3O.CH4/c1-9(20)17-11-4-2-10(3-5-11)13-8-14-12(18-13)6-7-15(16)19-14;1-10(20)18-12-5-2-11(3-6-12)4-8-14-13(17)7-9-15(16)19-14;/h2-8,18H,1H3,(H,17,20);2-3,5-7,9H,17H2,1H3,(H,18,20);1H4. The molecule has 2 amide bonds. The molecule has 10 heteroatoms. The topological polar surface area (TPSA) is 126 Å². The Balaban J connectivity index is 0.000000220. The molecule has 0 aliphatic carbocycles. The van der Waals surface area contributed by atoms with Crippen molar-refractivity contribution < 1.29 is 9.59 Å². The maximum Gasteiger partial charge on any atom is 0.221 e. The first-order chi connectivity index (χ1) is 19.2. The van der Waals surface area contributed by atoms with Crippen LogP contribution < -0.4 is 16.4 Å². The fourth-order valence-electron chi connectivity index (χ4n) is 3.59. The Morgan fingerprint density at radius 2 is 1.34 bits per heavy atom. The summed E-state index contributed by atoms with van der Waals surface area (Å²) in [5, 5.41) is 5.45. The molecule has 5 aromatic rings. The SMILES string of the molecule is C.CC(=O)Nc1ccc(-c2cc3nc(Br)ccc3[nH]2)cc1.CC(=O)Nc1ccc(C#Cc2nc(Br)ccc2N)cc1. The minimum absolute atomic E-state index is 0. The highest BCUT2D eigenvalue weighted by atomic mass is 79.9. The zero-order valence-electron chi connectivity index (χ0n) is 21.5. The van der Waals surface area contributed by atoms with Crippen LogP contribution in [0.1, 0.15) is 32.5 Å². The largest absolute Gasteiger partial charge is 0.396 e. The van der Waals surface area contributed by atoms with Crippen LogP contribution in [0.2, 0.25) is 0 Å². The van der Waals surface area contributed by atoms with E-state index in [1.54, 1.807) is 24.3 Å². The molecule has 8 nitrogen and oxygen atoms in total. The molecular weight excluding hydrogens is 648 g/mol. The predicted octanol–water partition coefficient (Wildman–Crippen LogP) is 7.37. The maximum atomic E-state index is 11.0. The average Bonchev–Trinajstić information content (AvgIpc) is 3.33. The number of hydrogen-bond acceptors (Lipinski definition) is 5. The van der Waals surface area contributed by atoms with E-state index in [1.807, 2.05) is 54.6 Å². The highest BCUT2D eigenvalue weighted by Crippen LogP contribution is 2.25. The lowest BCUT2D eigenvalue weighted by molar-refractivity contribution is -0.115. The molecule has 41 heavy (non-hydrogen) atoms. The first-order valence-electron chi connectivity index (χ1n) is 12.0. The molecule has 0 bridgehead atoms. The number of amides is 2. The number of carbonyl (C=O) groups excluding carboxylic acids is 2. The van der Waals surface area contributed by atoms with Crippen molar-refractivity contribution >= 4 is 71.8 Å². The van der Waals surface area contributed by atoms with Crippen molar-refractivity contribution in [2.45, 2.75) is 21.3 Å². The van der Waals surface area contributed by atoms with Crippen molar-refractivity contribution in [3.05, 3.63) is 99.3 Å². The fourth-order valence-corrected chi connectivity index (χ4v) is 4.23. The van der Waals surface area contributed by atoms with Crippen LogP contribution in [0.5, 0.6) is 0 Å². The van der Waals surface area contributed by atoms with Gasteiger partial charge in [0.05, 0.1) is 16.7 Å². The van der Waals surface area contributed by atoms with Gasteiger partial charge in [0.25, 0.3) is 0 Å². The number of nitrogen functional groups attached to an aromatic ring is 1. The average molecular weight is 676 g/mol. The Kier molecular flexibility index (Phi) is 10.8. The third-order valence-electron chi connectivity index (χ3n) is 5.38. The van der Waals surface area contributed by atoms with Gasteiger partial charge in [-0.1, -0.05) is 25.5 Å². The molecule has 2 aromatic carbocycles. The van der Waals surface area contributed by atoms with E-state index in [4.69, 9.17) is 5.73 Å². The summed E-state index contributed by atoms with van der Waals surface area (Å²) in [6.45, 7) is 2.96.